The Morgan fingerprint density at radius 3 is 2.68 bits per heavy atom. The van der Waals surface area contributed by atoms with Gasteiger partial charge in [0.25, 0.3) is 0 Å². The fraction of sp³-hybridized carbons (Fsp3) is 0.400. The molecular weight excluding hydrogens is 316 g/mol. The molecule has 2 unspecified atom stereocenters. The Bertz CT molecular complexity index is 678. The Kier molecular flexibility index (Phi) is 5.91. The predicted molar refractivity (Wildman–Crippen MR) is 97.8 cm³/mol. The quantitative estimate of drug-likeness (QED) is 0.772. The highest BCUT2D eigenvalue weighted by molar-refractivity contribution is 5.45. The summed E-state index contributed by atoms with van der Waals surface area (Å²) in [4.78, 5) is 2.13. The molecule has 1 aliphatic heterocycles. The lowest BCUT2D eigenvalue weighted by Crippen LogP contribution is -2.37. The fourth-order valence-corrected chi connectivity index (χ4v) is 3.00. The third kappa shape index (κ3) is 4.95. The van der Waals surface area contributed by atoms with Gasteiger partial charge in [-0.25, -0.2) is 0 Å². The molecule has 2 atom stereocenters. The fourth-order valence-electron chi connectivity index (χ4n) is 3.00. The molecule has 25 heavy (non-hydrogen) atoms. The van der Waals surface area contributed by atoms with Crippen LogP contribution in [0.15, 0.2) is 48.5 Å². The Morgan fingerprint density at radius 2 is 1.88 bits per heavy atom. The van der Waals surface area contributed by atoms with Gasteiger partial charge in [-0.15, -0.1) is 0 Å². The summed E-state index contributed by atoms with van der Waals surface area (Å²) in [7, 11) is 2.03. The minimum absolute atomic E-state index is 0.128. The average Bonchev–Trinajstić information content (AvgIpc) is 3.08. The highest BCUT2D eigenvalue weighted by atomic mass is 16.7. The van der Waals surface area contributed by atoms with Gasteiger partial charge >= 0.3 is 0 Å². The highest BCUT2D eigenvalue weighted by Crippen LogP contribution is 2.34. The van der Waals surface area contributed by atoms with Crippen molar-refractivity contribution in [3.05, 3.63) is 59.7 Å². The number of ether oxygens (including phenoxy) is 2. The predicted octanol–water partition coefficient (Wildman–Crippen LogP) is 2.56. The second-order valence-electron chi connectivity index (χ2n) is 6.58. The van der Waals surface area contributed by atoms with Crippen molar-refractivity contribution in [1.29, 1.82) is 0 Å². The largest absolute Gasteiger partial charge is 0.454 e. The minimum atomic E-state index is -0.426. The summed E-state index contributed by atoms with van der Waals surface area (Å²) in [5.41, 5.74) is 2.37. The maximum Gasteiger partial charge on any atom is 0.231 e. The van der Waals surface area contributed by atoms with Crippen molar-refractivity contribution in [2.75, 3.05) is 26.9 Å². The van der Waals surface area contributed by atoms with Crippen LogP contribution in [0.3, 0.4) is 0 Å². The average molecular weight is 342 g/mol. The summed E-state index contributed by atoms with van der Waals surface area (Å²) in [6.45, 7) is 4.35. The first kappa shape index (κ1) is 17.7. The van der Waals surface area contributed by atoms with Gasteiger partial charge in [0.2, 0.25) is 6.79 Å². The molecule has 0 saturated carbocycles. The van der Waals surface area contributed by atoms with E-state index in [9.17, 15) is 5.11 Å². The molecule has 0 fully saturated rings. The number of aliphatic hydroxyl groups excluding tert-OH is 1. The molecule has 0 spiro atoms. The van der Waals surface area contributed by atoms with E-state index in [1.807, 2.05) is 43.4 Å². The summed E-state index contributed by atoms with van der Waals surface area (Å²) >= 11 is 0. The number of rotatable bonds is 8. The normalized spacial score (nSPS) is 15.4. The zero-order valence-corrected chi connectivity index (χ0v) is 14.8. The second kappa shape index (κ2) is 8.34. The van der Waals surface area contributed by atoms with Gasteiger partial charge in [-0.1, -0.05) is 36.4 Å². The van der Waals surface area contributed by atoms with Crippen molar-refractivity contribution < 1.29 is 14.6 Å². The Balaban J connectivity index is 1.44. The smallest absolute Gasteiger partial charge is 0.231 e. The van der Waals surface area contributed by atoms with E-state index in [-0.39, 0.29) is 12.8 Å². The molecule has 2 N–H and O–H groups in total. The van der Waals surface area contributed by atoms with E-state index in [1.54, 1.807) is 0 Å². The number of fused-ring (bicyclic) bond motifs is 1. The monoisotopic (exact) mass is 342 g/mol. The Labute approximate surface area is 149 Å². The van der Waals surface area contributed by atoms with Crippen molar-refractivity contribution >= 4 is 0 Å². The lowest BCUT2D eigenvalue weighted by Gasteiger charge is -2.23. The first-order valence-electron chi connectivity index (χ1n) is 8.65. The maximum atomic E-state index is 10.3. The van der Waals surface area contributed by atoms with Crippen LogP contribution >= 0.6 is 0 Å². The summed E-state index contributed by atoms with van der Waals surface area (Å²) < 4.78 is 10.8. The van der Waals surface area contributed by atoms with Crippen LogP contribution in [0.1, 0.15) is 24.1 Å². The number of hydrogen-bond acceptors (Lipinski definition) is 5. The lowest BCUT2D eigenvalue weighted by molar-refractivity contribution is 0.119. The van der Waals surface area contributed by atoms with Crippen LogP contribution in [0, 0.1) is 0 Å². The molecule has 0 aromatic heterocycles. The van der Waals surface area contributed by atoms with Gasteiger partial charge < -0.3 is 19.9 Å². The van der Waals surface area contributed by atoms with Crippen LogP contribution in [0.25, 0.3) is 0 Å². The number of likely N-dealkylation sites (N-methyl/N-ethyl adjacent to an activating group) is 1. The van der Waals surface area contributed by atoms with Crippen LogP contribution in [-0.2, 0) is 6.54 Å². The molecule has 2 aromatic rings. The van der Waals surface area contributed by atoms with Crippen molar-refractivity contribution in [3.63, 3.8) is 0 Å². The van der Waals surface area contributed by atoms with Gasteiger partial charge in [-0.05, 0) is 37.2 Å². The van der Waals surface area contributed by atoms with Crippen molar-refractivity contribution in [2.45, 2.75) is 25.6 Å². The summed E-state index contributed by atoms with van der Waals surface area (Å²) in [5.74, 6) is 1.58. The van der Waals surface area contributed by atoms with Crippen molar-refractivity contribution in [1.82, 2.24) is 10.2 Å². The van der Waals surface area contributed by atoms with Crippen LogP contribution in [0.2, 0.25) is 0 Å². The number of nitrogens with one attached hydrogen (secondary N) is 1. The topological polar surface area (TPSA) is 54.0 Å². The third-order valence-electron chi connectivity index (χ3n) is 4.37. The summed E-state index contributed by atoms with van der Waals surface area (Å²) in [6.07, 6.45) is -0.426. The van der Waals surface area contributed by atoms with Gasteiger partial charge in [0, 0.05) is 25.7 Å². The third-order valence-corrected chi connectivity index (χ3v) is 4.37. The van der Waals surface area contributed by atoms with E-state index >= 15 is 0 Å². The molecule has 2 aromatic carbocycles. The zero-order valence-electron chi connectivity index (χ0n) is 14.8. The second-order valence-corrected chi connectivity index (χ2v) is 6.58. The van der Waals surface area contributed by atoms with Gasteiger partial charge in [-0.3, -0.25) is 4.90 Å². The van der Waals surface area contributed by atoms with E-state index in [0.29, 0.717) is 13.1 Å². The molecule has 134 valence electrons. The van der Waals surface area contributed by atoms with Crippen LogP contribution < -0.4 is 14.8 Å². The van der Waals surface area contributed by atoms with Crippen LogP contribution in [0.5, 0.6) is 11.5 Å². The molecule has 1 aliphatic rings. The molecule has 0 radical (unpaired) electrons. The highest BCUT2D eigenvalue weighted by Gasteiger charge is 2.16. The molecule has 0 bridgehead atoms. The van der Waals surface area contributed by atoms with Gasteiger partial charge in [0.15, 0.2) is 11.5 Å². The van der Waals surface area contributed by atoms with Gasteiger partial charge in [0.1, 0.15) is 0 Å². The van der Waals surface area contributed by atoms with Gasteiger partial charge in [-0.2, -0.15) is 0 Å². The van der Waals surface area contributed by atoms with Crippen LogP contribution in [-0.4, -0.2) is 43.0 Å². The van der Waals surface area contributed by atoms with Crippen molar-refractivity contribution in [2.24, 2.45) is 0 Å². The molecule has 1 heterocycles. The number of benzene rings is 2. The minimum Gasteiger partial charge on any atom is -0.454 e. The zero-order chi connectivity index (χ0) is 17.6. The van der Waals surface area contributed by atoms with E-state index in [0.717, 1.165) is 23.6 Å². The van der Waals surface area contributed by atoms with E-state index in [1.165, 1.54) is 5.56 Å². The molecular formula is C20H26N2O3. The van der Waals surface area contributed by atoms with Crippen LogP contribution in [0.4, 0.5) is 0 Å². The SMILES string of the molecule is CC(NCC(O)CN(C)Cc1ccccc1)c1ccc2c(c1)OCO2. The molecule has 0 aliphatic carbocycles. The molecule has 0 amide bonds. The maximum absolute atomic E-state index is 10.3. The van der Waals surface area contributed by atoms with Gasteiger partial charge in [0.05, 0.1) is 6.10 Å². The summed E-state index contributed by atoms with van der Waals surface area (Å²) in [6, 6.07) is 16.4. The molecule has 0 saturated heterocycles. The first-order valence-corrected chi connectivity index (χ1v) is 8.65. The van der Waals surface area contributed by atoms with E-state index in [4.69, 9.17) is 9.47 Å². The number of aliphatic hydroxyl groups is 1. The standard InChI is InChI=1S/C20H26N2O3/c1-15(17-8-9-19-20(10-17)25-14-24-19)21-11-18(23)13-22(2)12-16-6-4-3-5-7-16/h3-10,15,18,21,23H,11-14H2,1-2H3. The van der Waals surface area contributed by atoms with E-state index in [2.05, 4.69) is 29.3 Å². The Morgan fingerprint density at radius 1 is 1.12 bits per heavy atom. The Hall–Kier alpha value is -2.08. The lowest BCUT2D eigenvalue weighted by atomic mass is 10.1. The molecule has 3 rings (SSSR count). The van der Waals surface area contributed by atoms with E-state index < -0.39 is 6.10 Å². The van der Waals surface area contributed by atoms with Crippen molar-refractivity contribution in [3.8, 4) is 11.5 Å². The number of hydrogen-bond donors (Lipinski definition) is 2. The summed E-state index contributed by atoms with van der Waals surface area (Å²) in [5, 5.41) is 13.7. The number of nitrogens with zero attached hydrogens (tertiary/aromatic N) is 1. The molecule has 5 nitrogen and oxygen atoms in total. The molecule has 5 heteroatoms. The first-order chi connectivity index (χ1) is 12.1.